The van der Waals surface area contributed by atoms with E-state index >= 15 is 0 Å². The van der Waals surface area contributed by atoms with Gasteiger partial charge in [0.25, 0.3) is 0 Å². The number of carbonyl (C=O) groups excluding carboxylic acids is 1. The van der Waals surface area contributed by atoms with E-state index < -0.39 is 0 Å². The summed E-state index contributed by atoms with van der Waals surface area (Å²) in [5, 5.41) is 9.24. The molecule has 0 unspecified atom stereocenters. The fourth-order valence-electron chi connectivity index (χ4n) is 8.31. The van der Waals surface area contributed by atoms with Gasteiger partial charge in [-0.2, -0.15) is 0 Å². The van der Waals surface area contributed by atoms with E-state index in [2.05, 4.69) is 32.9 Å². The Balaban J connectivity index is 1.49. The van der Waals surface area contributed by atoms with E-state index in [0.717, 1.165) is 60.8 Å². The summed E-state index contributed by atoms with van der Waals surface area (Å²) in [6.45, 7) is 9.83. The maximum atomic E-state index is 12.1. The van der Waals surface area contributed by atoms with Gasteiger partial charge in [-0.15, -0.1) is 0 Å². The number of rotatable bonds is 5. The summed E-state index contributed by atoms with van der Waals surface area (Å²) in [7, 11) is 0. The molecule has 0 spiro atoms. The lowest BCUT2D eigenvalue weighted by Crippen LogP contribution is -2.50. The number of carbonyl (C=O) groups is 1. The van der Waals surface area contributed by atoms with E-state index in [0.29, 0.717) is 16.6 Å². The molecule has 7 atom stereocenters. The third kappa shape index (κ3) is 3.58. The smallest absolute Gasteiger partial charge is 0.136 e. The van der Waals surface area contributed by atoms with Gasteiger partial charge in [-0.3, -0.25) is 4.79 Å². The number of allylic oxidation sites excluding steroid dienone is 3. The van der Waals surface area contributed by atoms with E-state index in [-0.39, 0.29) is 6.61 Å². The van der Waals surface area contributed by atoms with Crippen LogP contribution in [-0.2, 0) is 4.79 Å². The summed E-state index contributed by atoms with van der Waals surface area (Å²) in [4.78, 5) is 12.1. The Hall–Kier alpha value is -0.890. The van der Waals surface area contributed by atoms with Gasteiger partial charge in [0.15, 0.2) is 0 Å². The van der Waals surface area contributed by atoms with Crippen molar-refractivity contribution in [3.8, 4) is 0 Å². The summed E-state index contributed by atoms with van der Waals surface area (Å²) in [6.07, 6.45) is 16.5. The SMILES string of the molecule is CC(=CCC[C@H](C)[C@H]1CC[C@H]2[C@@H]3CC=C4CC(=O)CC[C@]4(C)[C@H]3CC[C@]12C)CO. The van der Waals surface area contributed by atoms with E-state index in [1.54, 1.807) is 0 Å². The Morgan fingerprint density at radius 3 is 2.79 bits per heavy atom. The first-order valence-electron chi connectivity index (χ1n) is 12.3. The van der Waals surface area contributed by atoms with Gasteiger partial charge in [-0.25, -0.2) is 0 Å². The molecule has 0 aromatic rings. The van der Waals surface area contributed by atoms with Crippen LogP contribution in [0.5, 0.6) is 0 Å². The number of Topliss-reactive ketones (excluding diaryl/α,β-unsaturated/α-hetero) is 1. The average Bonchev–Trinajstić information content (AvgIpc) is 3.05. The van der Waals surface area contributed by atoms with Gasteiger partial charge in [-0.05, 0) is 98.7 Å². The van der Waals surface area contributed by atoms with Crippen LogP contribution in [0, 0.1) is 40.4 Å². The van der Waals surface area contributed by atoms with Crippen LogP contribution in [0.3, 0.4) is 0 Å². The van der Waals surface area contributed by atoms with Crippen LogP contribution in [0.15, 0.2) is 23.3 Å². The zero-order chi connectivity index (χ0) is 20.8. The van der Waals surface area contributed by atoms with Gasteiger partial charge in [-0.1, -0.05) is 44.1 Å². The molecule has 4 aliphatic carbocycles. The lowest BCUT2D eigenvalue weighted by atomic mass is 9.47. The zero-order valence-electron chi connectivity index (χ0n) is 19.2. The number of hydrogen-bond acceptors (Lipinski definition) is 2. The average molecular weight is 399 g/mol. The molecule has 0 amide bonds. The third-order valence-electron chi connectivity index (χ3n) is 10.1. The minimum atomic E-state index is 0.195. The molecular weight excluding hydrogens is 356 g/mol. The van der Waals surface area contributed by atoms with Crippen molar-refractivity contribution in [2.75, 3.05) is 6.61 Å². The molecule has 4 rings (SSSR count). The number of ketones is 1. The normalized spacial score (nSPS) is 43.3. The molecule has 162 valence electrons. The molecule has 0 saturated heterocycles. The van der Waals surface area contributed by atoms with Gasteiger partial charge >= 0.3 is 0 Å². The largest absolute Gasteiger partial charge is 0.392 e. The highest BCUT2D eigenvalue weighted by Crippen LogP contribution is 2.67. The number of fused-ring (bicyclic) bond motifs is 5. The second-order valence-electron chi connectivity index (χ2n) is 11.5. The summed E-state index contributed by atoms with van der Waals surface area (Å²) in [5.41, 5.74) is 3.40. The van der Waals surface area contributed by atoms with Gasteiger partial charge in [0.2, 0.25) is 0 Å². The molecule has 3 fully saturated rings. The van der Waals surface area contributed by atoms with Crippen LogP contribution in [-0.4, -0.2) is 17.5 Å². The van der Waals surface area contributed by atoms with Crippen molar-refractivity contribution in [3.63, 3.8) is 0 Å². The second kappa shape index (κ2) is 7.98. The van der Waals surface area contributed by atoms with Crippen LogP contribution in [0.4, 0.5) is 0 Å². The Kier molecular flexibility index (Phi) is 5.88. The first kappa shape index (κ1) is 21.3. The van der Waals surface area contributed by atoms with E-state index in [1.165, 1.54) is 44.1 Å². The van der Waals surface area contributed by atoms with Crippen molar-refractivity contribution in [3.05, 3.63) is 23.3 Å². The fraction of sp³-hybridized carbons (Fsp3) is 0.815. The van der Waals surface area contributed by atoms with Crippen molar-refractivity contribution in [2.24, 2.45) is 40.4 Å². The highest BCUT2D eigenvalue weighted by molar-refractivity contribution is 5.82. The van der Waals surface area contributed by atoms with Crippen LogP contribution in [0.1, 0.15) is 91.9 Å². The maximum Gasteiger partial charge on any atom is 0.136 e. The molecule has 29 heavy (non-hydrogen) atoms. The first-order chi connectivity index (χ1) is 13.8. The second-order valence-corrected chi connectivity index (χ2v) is 11.5. The molecule has 0 aromatic heterocycles. The van der Waals surface area contributed by atoms with E-state index in [1.807, 2.05) is 6.92 Å². The Morgan fingerprint density at radius 2 is 2.03 bits per heavy atom. The van der Waals surface area contributed by atoms with Gasteiger partial charge in [0.05, 0.1) is 6.61 Å². The standard InChI is InChI=1S/C27H42O2/c1-18(17-28)6-5-7-19(2)23-10-11-24-22-9-8-20-16-21(29)12-14-26(20,3)25(22)13-15-27(23,24)4/h6,8,19,22-25,28H,5,7,9-17H2,1-4H3/t19-,22-,23+,24-,25-,26-,27+/m0/s1. The zero-order valence-corrected chi connectivity index (χ0v) is 19.2. The predicted octanol–water partition coefficient (Wildman–Crippen LogP) is 6.49. The molecule has 2 heteroatoms. The van der Waals surface area contributed by atoms with Crippen molar-refractivity contribution in [1.82, 2.24) is 0 Å². The summed E-state index contributed by atoms with van der Waals surface area (Å²) in [5.74, 6) is 4.59. The molecule has 2 nitrogen and oxygen atoms in total. The lowest BCUT2D eigenvalue weighted by molar-refractivity contribution is -0.122. The highest BCUT2D eigenvalue weighted by atomic mass is 16.3. The fourth-order valence-corrected chi connectivity index (χ4v) is 8.31. The summed E-state index contributed by atoms with van der Waals surface area (Å²) in [6, 6.07) is 0. The molecular formula is C27H42O2. The molecule has 0 radical (unpaired) electrons. The summed E-state index contributed by atoms with van der Waals surface area (Å²) < 4.78 is 0. The molecule has 1 N–H and O–H groups in total. The Labute approximate surface area is 178 Å². The van der Waals surface area contributed by atoms with Gasteiger partial charge in [0, 0.05) is 12.8 Å². The van der Waals surface area contributed by atoms with Gasteiger partial charge in [0.1, 0.15) is 5.78 Å². The van der Waals surface area contributed by atoms with Crippen LogP contribution in [0.2, 0.25) is 0 Å². The molecule has 0 aliphatic heterocycles. The summed E-state index contributed by atoms with van der Waals surface area (Å²) >= 11 is 0. The minimum Gasteiger partial charge on any atom is -0.392 e. The van der Waals surface area contributed by atoms with E-state index in [4.69, 9.17) is 0 Å². The first-order valence-corrected chi connectivity index (χ1v) is 12.3. The number of aliphatic hydroxyl groups is 1. The monoisotopic (exact) mass is 398 g/mol. The third-order valence-corrected chi connectivity index (χ3v) is 10.1. The quantitative estimate of drug-likeness (QED) is 0.537. The predicted molar refractivity (Wildman–Crippen MR) is 119 cm³/mol. The number of aliphatic hydroxyl groups excluding tert-OH is 1. The van der Waals surface area contributed by atoms with Gasteiger partial charge < -0.3 is 5.11 Å². The van der Waals surface area contributed by atoms with E-state index in [9.17, 15) is 9.90 Å². The number of hydrogen-bond donors (Lipinski definition) is 1. The molecule has 0 bridgehead atoms. The van der Waals surface area contributed by atoms with Crippen molar-refractivity contribution in [1.29, 1.82) is 0 Å². The van der Waals surface area contributed by atoms with Crippen LogP contribution < -0.4 is 0 Å². The van der Waals surface area contributed by atoms with Crippen molar-refractivity contribution in [2.45, 2.75) is 91.9 Å². The Bertz CT molecular complexity index is 703. The molecule has 3 saturated carbocycles. The highest BCUT2D eigenvalue weighted by Gasteiger charge is 2.59. The van der Waals surface area contributed by atoms with Crippen molar-refractivity contribution < 1.29 is 9.90 Å². The minimum absolute atomic E-state index is 0.195. The molecule has 4 aliphatic rings. The van der Waals surface area contributed by atoms with Crippen molar-refractivity contribution >= 4 is 5.78 Å². The Morgan fingerprint density at radius 1 is 1.24 bits per heavy atom. The molecule has 0 aromatic carbocycles. The topological polar surface area (TPSA) is 37.3 Å². The van der Waals surface area contributed by atoms with Crippen LogP contribution in [0.25, 0.3) is 0 Å². The lowest BCUT2D eigenvalue weighted by Gasteiger charge is -2.58. The maximum absolute atomic E-state index is 12.1. The van der Waals surface area contributed by atoms with Crippen LogP contribution >= 0.6 is 0 Å². The molecule has 0 heterocycles.